The summed E-state index contributed by atoms with van der Waals surface area (Å²) in [5, 5.41) is 6.40. The first kappa shape index (κ1) is 8.71. The van der Waals surface area contributed by atoms with Crippen molar-refractivity contribution in [2.24, 2.45) is 0 Å². The quantitative estimate of drug-likeness (QED) is 0.724. The Kier molecular flexibility index (Phi) is 3.05. The second-order valence-electron chi connectivity index (χ2n) is 2.20. The van der Waals surface area contributed by atoms with E-state index < -0.39 is 0 Å². The first-order chi connectivity index (χ1) is 4.97. The highest BCUT2D eigenvalue weighted by Crippen LogP contribution is 2.17. The van der Waals surface area contributed by atoms with Crippen molar-refractivity contribution < 1.29 is 0 Å². The lowest BCUT2D eigenvalue weighted by molar-refractivity contribution is 0.897. The van der Waals surface area contributed by atoms with Crippen LogP contribution < -0.4 is 5.32 Å². The standard InChI is InChI=1S/C7H8N2S.ClH/c1-2-8-5-6(1)7-9-3-4-10-7;/h1,3-4,8H,2,5H2;1H. The van der Waals surface area contributed by atoms with Crippen LogP contribution in [0.15, 0.2) is 17.7 Å². The molecule has 1 aliphatic heterocycles. The molecule has 0 atom stereocenters. The Morgan fingerprint density at radius 2 is 2.45 bits per heavy atom. The van der Waals surface area contributed by atoms with Crippen LogP contribution in [0.3, 0.4) is 0 Å². The van der Waals surface area contributed by atoms with Crippen molar-refractivity contribution in [2.45, 2.75) is 0 Å². The molecule has 2 heterocycles. The second kappa shape index (κ2) is 3.85. The van der Waals surface area contributed by atoms with Crippen LogP contribution in [0.1, 0.15) is 5.01 Å². The van der Waals surface area contributed by atoms with Gasteiger partial charge in [0.2, 0.25) is 0 Å². The van der Waals surface area contributed by atoms with E-state index in [1.807, 2.05) is 11.6 Å². The van der Waals surface area contributed by atoms with Gasteiger partial charge in [0.05, 0.1) is 0 Å². The van der Waals surface area contributed by atoms with E-state index in [1.54, 1.807) is 11.3 Å². The van der Waals surface area contributed by atoms with Crippen LogP contribution in [-0.2, 0) is 0 Å². The zero-order chi connectivity index (χ0) is 6.81. The molecule has 0 saturated carbocycles. The average molecular weight is 189 g/mol. The number of rotatable bonds is 1. The maximum atomic E-state index is 4.21. The average Bonchev–Trinajstić information content (AvgIpc) is 2.59. The Morgan fingerprint density at radius 1 is 1.55 bits per heavy atom. The highest BCUT2D eigenvalue weighted by molar-refractivity contribution is 7.10. The molecule has 1 N–H and O–H groups in total. The fourth-order valence-electron chi connectivity index (χ4n) is 1.02. The number of nitrogens with one attached hydrogen (secondary N) is 1. The molecule has 0 saturated heterocycles. The van der Waals surface area contributed by atoms with Gasteiger partial charge in [-0.15, -0.1) is 23.7 Å². The van der Waals surface area contributed by atoms with Crippen molar-refractivity contribution >= 4 is 29.3 Å². The minimum Gasteiger partial charge on any atom is -0.309 e. The molecule has 1 aromatic rings. The summed E-state index contributed by atoms with van der Waals surface area (Å²) in [5.74, 6) is 0. The molecule has 1 aromatic heterocycles. The molecule has 2 rings (SSSR count). The van der Waals surface area contributed by atoms with Crippen LogP contribution in [0, 0.1) is 0 Å². The predicted octanol–water partition coefficient (Wildman–Crippen LogP) is 1.55. The fraction of sp³-hybridized carbons (Fsp3) is 0.286. The largest absolute Gasteiger partial charge is 0.309 e. The maximum absolute atomic E-state index is 4.21. The number of nitrogens with zero attached hydrogens (tertiary/aromatic N) is 1. The molecule has 0 unspecified atom stereocenters. The molecule has 0 radical (unpaired) electrons. The van der Waals surface area contributed by atoms with E-state index in [2.05, 4.69) is 16.4 Å². The van der Waals surface area contributed by atoms with E-state index in [0.717, 1.165) is 18.1 Å². The van der Waals surface area contributed by atoms with Crippen molar-refractivity contribution in [1.82, 2.24) is 10.3 Å². The van der Waals surface area contributed by atoms with Crippen LogP contribution in [0.5, 0.6) is 0 Å². The van der Waals surface area contributed by atoms with Crippen LogP contribution in [-0.4, -0.2) is 18.1 Å². The summed E-state index contributed by atoms with van der Waals surface area (Å²) in [6.45, 7) is 1.97. The van der Waals surface area contributed by atoms with Crippen LogP contribution >= 0.6 is 23.7 Å². The van der Waals surface area contributed by atoms with Crippen molar-refractivity contribution in [3.05, 3.63) is 22.7 Å². The minimum absolute atomic E-state index is 0. The Hall–Kier alpha value is -0.380. The van der Waals surface area contributed by atoms with E-state index in [1.165, 1.54) is 5.57 Å². The van der Waals surface area contributed by atoms with Gasteiger partial charge < -0.3 is 5.32 Å². The van der Waals surface area contributed by atoms with Gasteiger partial charge >= 0.3 is 0 Å². The van der Waals surface area contributed by atoms with E-state index in [4.69, 9.17) is 0 Å². The van der Waals surface area contributed by atoms with Crippen molar-refractivity contribution in [3.63, 3.8) is 0 Å². The topological polar surface area (TPSA) is 24.9 Å². The number of hydrogen-bond donors (Lipinski definition) is 1. The third-order valence-electron chi connectivity index (χ3n) is 1.52. The molecule has 0 amide bonds. The minimum atomic E-state index is 0. The van der Waals surface area contributed by atoms with Crippen molar-refractivity contribution in [2.75, 3.05) is 13.1 Å². The van der Waals surface area contributed by atoms with Gasteiger partial charge in [-0.2, -0.15) is 0 Å². The smallest absolute Gasteiger partial charge is 0.120 e. The van der Waals surface area contributed by atoms with E-state index in [9.17, 15) is 0 Å². The summed E-state index contributed by atoms with van der Waals surface area (Å²) in [5.41, 5.74) is 1.34. The zero-order valence-corrected chi connectivity index (χ0v) is 7.54. The summed E-state index contributed by atoms with van der Waals surface area (Å²) >= 11 is 1.70. The van der Waals surface area contributed by atoms with Crippen LogP contribution in [0.4, 0.5) is 0 Å². The van der Waals surface area contributed by atoms with Crippen LogP contribution in [0.25, 0.3) is 5.57 Å². The zero-order valence-electron chi connectivity index (χ0n) is 5.91. The molecule has 4 heteroatoms. The molecule has 11 heavy (non-hydrogen) atoms. The van der Waals surface area contributed by atoms with Gasteiger partial charge in [-0.25, -0.2) is 4.98 Å². The number of thiazole rings is 1. The van der Waals surface area contributed by atoms with Gasteiger partial charge in [-0.1, -0.05) is 6.08 Å². The summed E-state index contributed by atoms with van der Waals surface area (Å²) in [4.78, 5) is 4.21. The highest BCUT2D eigenvalue weighted by Gasteiger charge is 2.07. The Labute approximate surface area is 75.8 Å². The molecule has 2 nitrogen and oxygen atoms in total. The van der Waals surface area contributed by atoms with Gasteiger partial charge in [0, 0.05) is 24.7 Å². The third kappa shape index (κ3) is 1.80. The first-order valence-corrected chi connectivity index (χ1v) is 4.14. The van der Waals surface area contributed by atoms with E-state index in [-0.39, 0.29) is 12.4 Å². The molecule has 0 fully saturated rings. The highest BCUT2D eigenvalue weighted by atomic mass is 35.5. The van der Waals surface area contributed by atoms with Gasteiger partial charge in [-0.05, 0) is 5.57 Å². The molecule has 0 aliphatic carbocycles. The third-order valence-corrected chi connectivity index (χ3v) is 2.36. The van der Waals surface area contributed by atoms with E-state index in [0.29, 0.717) is 0 Å². The molecule has 0 aromatic carbocycles. The van der Waals surface area contributed by atoms with Crippen molar-refractivity contribution in [1.29, 1.82) is 0 Å². The van der Waals surface area contributed by atoms with E-state index >= 15 is 0 Å². The second-order valence-corrected chi connectivity index (χ2v) is 3.09. The summed E-state index contributed by atoms with van der Waals surface area (Å²) in [6.07, 6.45) is 4.04. The van der Waals surface area contributed by atoms with Crippen molar-refractivity contribution in [3.8, 4) is 0 Å². The summed E-state index contributed by atoms with van der Waals surface area (Å²) in [6, 6.07) is 0. The maximum Gasteiger partial charge on any atom is 0.120 e. The number of aromatic nitrogens is 1. The van der Waals surface area contributed by atoms with Gasteiger partial charge in [-0.3, -0.25) is 0 Å². The van der Waals surface area contributed by atoms with Gasteiger partial charge in [0.1, 0.15) is 5.01 Å². The molecule has 60 valence electrons. The van der Waals surface area contributed by atoms with Crippen LogP contribution in [0.2, 0.25) is 0 Å². The molecular weight excluding hydrogens is 180 g/mol. The number of hydrogen-bond acceptors (Lipinski definition) is 3. The summed E-state index contributed by atoms with van der Waals surface area (Å²) < 4.78 is 0. The molecule has 0 bridgehead atoms. The normalized spacial score (nSPS) is 15.8. The lowest BCUT2D eigenvalue weighted by atomic mass is 10.3. The first-order valence-electron chi connectivity index (χ1n) is 3.26. The van der Waals surface area contributed by atoms with Gasteiger partial charge in [0.25, 0.3) is 0 Å². The SMILES string of the molecule is C1=C(c2nccs2)CNC1.Cl. The van der Waals surface area contributed by atoms with Gasteiger partial charge in [0.15, 0.2) is 0 Å². The Balaban J connectivity index is 0.000000605. The monoisotopic (exact) mass is 188 g/mol. The summed E-state index contributed by atoms with van der Waals surface area (Å²) in [7, 11) is 0. The Bertz CT molecular complexity index is 243. The molecule has 1 aliphatic rings. The molecular formula is C7H9ClN2S. The molecule has 0 spiro atoms. The fourth-order valence-corrected chi connectivity index (χ4v) is 1.70. The number of halogens is 1. The lowest BCUT2D eigenvalue weighted by Crippen LogP contribution is -2.07. The predicted molar refractivity (Wildman–Crippen MR) is 50.2 cm³/mol. The lowest BCUT2D eigenvalue weighted by Gasteiger charge is -1.92. The Morgan fingerprint density at radius 3 is 3.00 bits per heavy atom.